The molecule has 92 valence electrons. The van der Waals surface area contributed by atoms with Crippen molar-refractivity contribution in [2.24, 2.45) is 0 Å². The summed E-state index contributed by atoms with van der Waals surface area (Å²) >= 11 is 0. The largest absolute Gasteiger partial charge is 0.456 e. The van der Waals surface area contributed by atoms with Crippen LogP contribution >= 0.6 is 0 Å². The molecule has 0 bridgehead atoms. The Morgan fingerprint density at radius 2 is 2.19 bits per heavy atom. The number of carbonyl (C=O) groups is 1. The van der Waals surface area contributed by atoms with Crippen molar-refractivity contribution in [1.82, 2.24) is 5.32 Å². The van der Waals surface area contributed by atoms with Crippen LogP contribution in [0.4, 0.5) is 0 Å². The Morgan fingerprint density at radius 3 is 2.69 bits per heavy atom. The van der Waals surface area contributed by atoms with Crippen molar-refractivity contribution >= 4 is 15.8 Å². The summed E-state index contributed by atoms with van der Waals surface area (Å²) in [4.78, 5) is 11.3. The van der Waals surface area contributed by atoms with Crippen LogP contribution in [0.2, 0.25) is 0 Å². The predicted molar refractivity (Wildman–Crippen MR) is 55.8 cm³/mol. The Kier molecular flexibility index (Phi) is 3.46. The van der Waals surface area contributed by atoms with Gasteiger partial charge in [0, 0.05) is 6.04 Å². The normalized spacial score (nSPS) is 28.6. The van der Waals surface area contributed by atoms with Gasteiger partial charge >= 0.3 is 5.97 Å². The summed E-state index contributed by atoms with van der Waals surface area (Å²) in [7, 11) is -2.89. The molecule has 2 saturated heterocycles. The summed E-state index contributed by atoms with van der Waals surface area (Å²) in [6.07, 6.45) is 0.448. The van der Waals surface area contributed by atoms with Crippen LogP contribution < -0.4 is 5.32 Å². The highest BCUT2D eigenvalue weighted by Gasteiger charge is 2.28. The van der Waals surface area contributed by atoms with Crippen LogP contribution in [0.25, 0.3) is 0 Å². The highest BCUT2D eigenvalue weighted by molar-refractivity contribution is 7.91. The molecule has 2 heterocycles. The third-order valence-corrected chi connectivity index (χ3v) is 4.44. The predicted octanol–water partition coefficient (Wildman–Crippen LogP) is -1.29. The van der Waals surface area contributed by atoms with Gasteiger partial charge in [-0.05, 0) is 6.42 Å². The molecule has 16 heavy (non-hydrogen) atoms. The fraction of sp³-hybridized carbons (Fsp3) is 0.889. The number of rotatable bonds is 4. The first-order valence-electron chi connectivity index (χ1n) is 5.26. The van der Waals surface area contributed by atoms with E-state index in [-0.39, 0.29) is 36.2 Å². The van der Waals surface area contributed by atoms with E-state index in [2.05, 4.69) is 5.32 Å². The Balaban J connectivity index is 1.65. The monoisotopic (exact) mass is 249 g/mol. The third-order valence-electron chi connectivity index (χ3n) is 2.67. The van der Waals surface area contributed by atoms with Crippen LogP contribution in [0.5, 0.6) is 0 Å². The van der Waals surface area contributed by atoms with Gasteiger partial charge < -0.3 is 14.8 Å². The Hall–Kier alpha value is -0.660. The summed E-state index contributed by atoms with van der Waals surface area (Å²) in [6.45, 7) is 0.990. The minimum atomic E-state index is -2.89. The number of esters is 1. The number of hydrogen-bond acceptors (Lipinski definition) is 6. The van der Waals surface area contributed by atoms with E-state index in [1.54, 1.807) is 0 Å². The SMILES string of the molecule is O=C(CNC1CCS(=O)(=O)C1)OC1COC1. The van der Waals surface area contributed by atoms with Gasteiger partial charge in [0.25, 0.3) is 0 Å². The van der Waals surface area contributed by atoms with E-state index < -0.39 is 9.84 Å². The van der Waals surface area contributed by atoms with Gasteiger partial charge in [0.05, 0.1) is 31.3 Å². The first kappa shape index (κ1) is 11.8. The molecule has 1 unspecified atom stereocenters. The van der Waals surface area contributed by atoms with Crippen molar-refractivity contribution in [1.29, 1.82) is 0 Å². The van der Waals surface area contributed by atoms with Gasteiger partial charge in [-0.2, -0.15) is 0 Å². The summed E-state index contributed by atoms with van der Waals surface area (Å²) in [5.41, 5.74) is 0. The minimum absolute atomic E-state index is 0.0662. The Labute approximate surface area is 94.2 Å². The van der Waals surface area contributed by atoms with Crippen LogP contribution in [0, 0.1) is 0 Å². The van der Waals surface area contributed by atoms with Gasteiger partial charge in [-0.1, -0.05) is 0 Å². The fourth-order valence-electron chi connectivity index (χ4n) is 1.69. The van der Waals surface area contributed by atoms with E-state index in [4.69, 9.17) is 9.47 Å². The molecule has 7 heteroatoms. The maximum absolute atomic E-state index is 11.3. The molecular weight excluding hydrogens is 234 g/mol. The number of ether oxygens (including phenoxy) is 2. The van der Waals surface area contributed by atoms with Crippen molar-refractivity contribution in [2.45, 2.75) is 18.6 Å². The molecule has 0 amide bonds. The lowest BCUT2D eigenvalue weighted by Gasteiger charge is -2.25. The minimum Gasteiger partial charge on any atom is -0.456 e. The maximum atomic E-state index is 11.3. The zero-order valence-electron chi connectivity index (χ0n) is 8.85. The zero-order valence-corrected chi connectivity index (χ0v) is 9.66. The van der Waals surface area contributed by atoms with Gasteiger partial charge in [0.1, 0.15) is 6.10 Å². The lowest BCUT2D eigenvalue weighted by atomic mass is 10.2. The van der Waals surface area contributed by atoms with Crippen molar-refractivity contribution in [3.63, 3.8) is 0 Å². The second kappa shape index (κ2) is 4.68. The summed E-state index contributed by atoms with van der Waals surface area (Å²) < 4.78 is 32.2. The van der Waals surface area contributed by atoms with Gasteiger partial charge in [-0.25, -0.2) is 8.42 Å². The Bertz CT molecular complexity index is 362. The van der Waals surface area contributed by atoms with Gasteiger partial charge in [-0.15, -0.1) is 0 Å². The molecule has 0 aromatic carbocycles. The molecule has 1 atom stereocenters. The first-order valence-corrected chi connectivity index (χ1v) is 7.08. The molecular formula is C9H15NO5S. The van der Waals surface area contributed by atoms with Crippen molar-refractivity contribution < 1.29 is 22.7 Å². The van der Waals surface area contributed by atoms with E-state index in [1.807, 2.05) is 0 Å². The molecule has 6 nitrogen and oxygen atoms in total. The van der Waals surface area contributed by atoms with E-state index in [1.165, 1.54) is 0 Å². The highest BCUT2D eigenvalue weighted by atomic mass is 32.2. The van der Waals surface area contributed by atoms with Gasteiger partial charge in [0.2, 0.25) is 0 Å². The maximum Gasteiger partial charge on any atom is 0.320 e. The zero-order chi connectivity index (χ0) is 11.6. The molecule has 0 radical (unpaired) electrons. The number of carbonyl (C=O) groups excluding carboxylic acids is 1. The van der Waals surface area contributed by atoms with Crippen LogP contribution in [-0.4, -0.2) is 57.8 Å². The summed E-state index contributed by atoms with van der Waals surface area (Å²) in [6, 6.07) is -0.116. The smallest absolute Gasteiger partial charge is 0.320 e. The van der Waals surface area contributed by atoms with Crippen LogP contribution in [-0.2, 0) is 24.1 Å². The molecule has 0 saturated carbocycles. The topological polar surface area (TPSA) is 81.7 Å². The third kappa shape index (κ3) is 3.16. The molecule has 0 spiro atoms. The van der Waals surface area contributed by atoms with Crippen LogP contribution in [0.15, 0.2) is 0 Å². The fourth-order valence-corrected chi connectivity index (χ4v) is 3.40. The van der Waals surface area contributed by atoms with Crippen LogP contribution in [0.3, 0.4) is 0 Å². The summed E-state index contributed by atoms with van der Waals surface area (Å²) in [5.74, 6) is -0.0270. The molecule has 2 aliphatic rings. The van der Waals surface area contributed by atoms with Gasteiger partial charge in [-0.3, -0.25) is 4.79 Å². The molecule has 2 rings (SSSR count). The number of hydrogen-bond donors (Lipinski definition) is 1. The average molecular weight is 249 g/mol. The number of sulfone groups is 1. The Morgan fingerprint density at radius 1 is 1.44 bits per heavy atom. The molecule has 0 aliphatic carbocycles. The molecule has 0 aromatic rings. The second-order valence-electron chi connectivity index (χ2n) is 4.13. The lowest BCUT2D eigenvalue weighted by Crippen LogP contribution is -2.42. The lowest BCUT2D eigenvalue weighted by molar-refractivity contribution is -0.171. The van der Waals surface area contributed by atoms with Crippen molar-refractivity contribution in [3.8, 4) is 0 Å². The molecule has 2 aliphatic heterocycles. The quantitative estimate of drug-likeness (QED) is 0.624. The van der Waals surface area contributed by atoms with E-state index in [9.17, 15) is 13.2 Å². The van der Waals surface area contributed by atoms with E-state index >= 15 is 0 Å². The van der Waals surface area contributed by atoms with Crippen molar-refractivity contribution in [3.05, 3.63) is 0 Å². The van der Waals surface area contributed by atoms with E-state index in [0.29, 0.717) is 19.6 Å². The molecule has 1 N–H and O–H groups in total. The van der Waals surface area contributed by atoms with Crippen LogP contribution in [0.1, 0.15) is 6.42 Å². The average Bonchev–Trinajstić information content (AvgIpc) is 2.49. The summed E-state index contributed by atoms with van der Waals surface area (Å²) in [5, 5.41) is 2.90. The molecule has 0 aromatic heterocycles. The first-order chi connectivity index (χ1) is 7.55. The highest BCUT2D eigenvalue weighted by Crippen LogP contribution is 2.11. The van der Waals surface area contributed by atoms with E-state index in [0.717, 1.165) is 0 Å². The standard InChI is InChI=1S/C9H15NO5S/c11-9(15-8-4-14-5-8)3-10-7-1-2-16(12,13)6-7/h7-8,10H,1-6H2. The number of nitrogens with one attached hydrogen (secondary N) is 1. The molecule has 2 fully saturated rings. The van der Waals surface area contributed by atoms with Gasteiger partial charge in [0.15, 0.2) is 9.84 Å². The van der Waals surface area contributed by atoms with Crippen molar-refractivity contribution in [2.75, 3.05) is 31.3 Å². The second-order valence-corrected chi connectivity index (χ2v) is 6.36.